The zero-order valence-electron chi connectivity index (χ0n) is 13.3. The number of aryl methyl sites for hydroxylation is 1. The van der Waals surface area contributed by atoms with E-state index in [9.17, 15) is 0 Å². The Kier molecular flexibility index (Phi) is 7.17. The molecule has 0 spiro atoms. The van der Waals surface area contributed by atoms with Gasteiger partial charge in [0.2, 0.25) is 0 Å². The highest BCUT2D eigenvalue weighted by Crippen LogP contribution is 2.19. The van der Waals surface area contributed by atoms with Gasteiger partial charge in [-0.2, -0.15) is 0 Å². The highest BCUT2D eigenvalue weighted by atomic mass is 16.3. The van der Waals surface area contributed by atoms with Crippen LogP contribution in [0.15, 0.2) is 10.5 Å². The molecule has 1 unspecified atom stereocenters. The molecule has 0 radical (unpaired) electrons. The van der Waals surface area contributed by atoms with Gasteiger partial charge in [-0.1, -0.05) is 20.3 Å². The number of rotatable bonds is 9. The summed E-state index contributed by atoms with van der Waals surface area (Å²) in [7, 11) is 1.95. The van der Waals surface area contributed by atoms with E-state index in [1.165, 1.54) is 31.4 Å². The number of unbranched alkanes of at least 4 members (excludes halogenated alkanes) is 1. The molecular formula is C16H30N2O. The van der Waals surface area contributed by atoms with Crippen LogP contribution >= 0.6 is 0 Å². The second kappa shape index (κ2) is 8.39. The molecule has 0 aliphatic heterocycles. The second-order valence-electron chi connectivity index (χ2n) is 5.41. The van der Waals surface area contributed by atoms with Crippen LogP contribution in [-0.2, 0) is 13.1 Å². The number of nitrogens with one attached hydrogen (secondary N) is 1. The highest BCUT2D eigenvalue weighted by Gasteiger charge is 2.15. The summed E-state index contributed by atoms with van der Waals surface area (Å²) in [6, 6.07) is 2.83. The molecule has 0 aliphatic carbocycles. The third kappa shape index (κ3) is 5.00. The van der Waals surface area contributed by atoms with Gasteiger partial charge in [-0.05, 0) is 46.3 Å². The lowest BCUT2D eigenvalue weighted by Crippen LogP contribution is -2.33. The SMILES string of the molecule is CCCCN(Cc1cc(CNC)oc1C)C(C)CC. The molecule has 3 nitrogen and oxygen atoms in total. The van der Waals surface area contributed by atoms with Crippen LogP contribution in [0.1, 0.15) is 57.1 Å². The van der Waals surface area contributed by atoms with E-state index in [1.54, 1.807) is 0 Å². The molecule has 0 saturated carbocycles. The van der Waals surface area contributed by atoms with Gasteiger partial charge in [0, 0.05) is 18.2 Å². The maximum absolute atomic E-state index is 5.78. The smallest absolute Gasteiger partial charge is 0.118 e. The molecule has 1 N–H and O–H groups in total. The van der Waals surface area contributed by atoms with E-state index in [0.29, 0.717) is 6.04 Å². The van der Waals surface area contributed by atoms with E-state index >= 15 is 0 Å². The Bertz CT molecular complexity index is 360. The minimum absolute atomic E-state index is 0.633. The summed E-state index contributed by atoms with van der Waals surface area (Å²) in [5.41, 5.74) is 1.33. The molecule has 1 heterocycles. The maximum Gasteiger partial charge on any atom is 0.118 e. The van der Waals surface area contributed by atoms with Gasteiger partial charge in [0.25, 0.3) is 0 Å². The van der Waals surface area contributed by atoms with Crippen molar-refractivity contribution in [3.63, 3.8) is 0 Å². The number of hydrogen-bond donors (Lipinski definition) is 1. The molecule has 1 aromatic rings. The Hall–Kier alpha value is -0.800. The van der Waals surface area contributed by atoms with Gasteiger partial charge in [-0.25, -0.2) is 0 Å². The molecule has 0 aliphatic rings. The summed E-state index contributed by atoms with van der Waals surface area (Å²) >= 11 is 0. The van der Waals surface area contributed by atoms with Crippen LogP contribution in [0.5, 0.6) is 0 Å². The van der Waals surface area contributed by atoms with Crippen molar-refractivity contribution in [3.8, 4) is 0 Å². The number of furan rings is 1. The van der Waals surface area contributed by atoms with Crippen molar-refractivity contribution in [3.05, 3.63) is 23.2 Å². The molecule has 0 amide bonds. The summed E-state index contributed by atoms with van der Waals surface area (Å²) < 4.78 is 5.78. The minimum Gasteiger partial charge on any atom is -0.465 e. The van der Waals surface area contributed by atoms with E-state index in [0.717, 1.165) is 24.6 Å². The summed E-state index contributed by atoms with van der Waals surface area (Å²) in [6.07, 6.45) is 3.72. The first-order valence-electron chi connectivity index (χ1n) is 7.59. The fourth-order valence-electron chi connectivity index (χ4n) is 2.30. The summed E-state index contributed by atoms with van der Waals surface area (Å²) in [4.78, 5) is 2.57. The van der Waals surface area contributed by atoms with Crippen LogP contribution in [0.25, 0.3) is 0 Å². The molecular weight excluding hydrogens is 236 g/mol. The maximum atomic E-state index is 5.78. The van der Waals surface area contributed by atoms with Crippen molar-refractivity contribution < 1.29 is 4.42 Å². The lowest BCUT2D eigenvalue weighted by molar-refractivity contribution is 0.191. The normalized spacial score (nSPS) is 13.2. The third-order valence-corrected chi connectivity index (χ3v) is 3.81. The van der Waals surface area contributed by atoms with Crippen molar-refractivity contribution in [2.75, 3.05) is 13.6 Å². The molecule has 0 bridgehead atoms. The molecule has 1 atom stereocenters. The van der Waals surface area contributed by atoms with Crippen molar-refractivity contribution in [2.45, 2.75) is 66.1 Å². The van der Waals surface area contributed by atoms with Crippen LogP contribution < -0.4 is 5.32 Å². The van der Waals surface area contributed by atoms with Crippen molar-refractivity contribution in [1.29, 1.82) is 0 Å². The van der Waals surface area contributed by atoms with Gasteiger partial charge >= 0.3 is 0 Å². The monoisotopic (exact) mass is 266 g/mol. The second-order valence-corrected chi connectivity index (χ2v) is 5.41. The Morgan fingerprint density at radius 3 is 2.68 bits per heavy atom. The van der Waals surface area contributed by atoms with Gasteiger partial charge in [0.15, 0.2) is 0 Å². The van der Waals surface area contributed by atoms with Crippen molar-refractivity contribution in [2.24, 2.45) is 0 Å². The minimum atomic E-state index is 0.633. The fourth-order valence-corrected chi connectivity index (χ4v) is 2.30. The molecule has 0 fully saturated rings. The summed E-state index contributed by atoms with van der Waals surface area (Å²) in [5, 5.41) is 3.14. The van der Waals surface area contributed by atoms with E-state index in [1.807, 2.05) is 7.05 Å². The van der Waals surface area contributed by atoms with E-state index in [4.69, 9.17) is 4.42 Å². The Morgan fingerprint density at radius 1 is 1.37 bits per heavy atom. The van der Waals surface area contributed by atoms with Crippen LogP contribution in [0, 0.1) is 6.92 Å². The molecule has 0 aromatic carbocycles. The van der Waals surface area contributed by atoms with Gasteiger partial charge in [-0.15, -0.1) is 0 Å². The van der Waals surface area contributed by atoms with Crippen LogP contribution in [0.4, 0.5) is 0 Å². The molecule has 1 rings (SSSR count). The average molecular weight is 266 g/mol. The average Bonchev–Trinajstić information content (AvgIpc) is 2.74. The standard InChI is InChI=1S/C16H30N2O/c1-6-8-9-18(13(3)7-2)12-15-10-16(11-17-5)19-14(15)4/h10,13,17H,6-9,11-12H2,1-5H3. The first-order chi connectivity index (χ1) is 9.12. The predicted molar refractivity (Wildman–Crippen MR) is 81.3 cm³/mol. The molecule has 3 heteroatoms. The topological polar surface area (TPSA) is 28.4 Å². The molecule has 0 saturated heterocycles. The van der Waals surface area contributed by atoms with Gasteiger partial charge in [0.1, 0.15) is 11.5 Å². The lowest BCUT2D eigenvalue weighted by Gasteiger charge is -2.28. The quantitative estimate of drug-likeness (QED) is 0.738. The van der Waals surface area contributed by atoms with E-state index < -0.39 is 0 Å². The summed E-state index contributed by atoms with van der Waals surface area (Å²) in [6.45, 7) is 11.9. The third-order valence-electron chi connectivity index (χ3n) is 3.81. The van der Waals surface area contributed by atoms with Gasteiger partial charge in [-0.3, -0.25) is 4.90 Å². The highest BCUT2D eigenvalue weighted by molar-refractivity contribution is 5.20. The fraction of sp³-hybridized carbons (Fsp3) is 0.750. The largest absolute Gasteiger partial charge is 0.465 e. The molecule has 19 heavy (non-hydrogen) atoms. The van der Waals surface area contributed by atoms with E-state index in [2.05, 4.69) is 44.0 Å². The molecule has 110 valence electrons. The van der Waals surface area contributed by atoms with Crippen LogP contribution in [0.2, 0.25) is 0 Å². The van der Waals surface area contributed by atoms with Crippen molar-refractivity contribution in [1.82, 2.24) is 10.2 Å². The Balaban J connectivity index is 2.71. The van der Waals surface area contributed by atoms with Crippen molar-refractivity contribution >= 4 is 0 Å². The lowest BCUT2D eigenvalue weighted by atomic mass is 10.1. The number of nitrogens with zero attached hydrogens (tertiary/aromatic N) is 1. The number of hydrogen-bond acceptors (Lipinski definition) is 3. The Labute approximate surface area is 118 Å². The van der Waals surface area contributed by atoms with E-state index in [-0.39, 0.29) is 0 Å². The summed E-state index contributed by atoms with van der Waals surface area (Å²) in [5.74, 6) is 2.10. The van der Waals surface area contributed by atoms with Gasteiger partial charge < -0.3 is 9.73 Å². The predicted octanol–water partition coefficient (Wildman–Crippen LogP) is 3.71. The van der Waals surface area contributed by atoms with Crippen LogP contribution in [0.3, 0.4) is 0 Å². The zero-order valence-corrected chi connectivity index (χ0v) is 13.3. The first kappa shape index (κ1) is 16.3. The first-order valence-corrected chi connectivity index (χ1v) is 7.59. The van der Waals surface area contributed by atoms with Gasteiger partial charge in [0.05, 0.1) is 6.54 Å². The Morgan fingerprint density at radius 2 is 2.11 bits per heavy atom. The zero-order chi connectivity index (χ0) is 14.3. The molecule has 1 aromatic heterocycles. The van der Waals surface area contributed by atoms with Crippen LogP contribution in [-0.4, -0.2) is 24.5 Å².